The molecule has 0 aliphatic heterocycles. The van der Waals surface area contributed by atoms with Gasteiger partial charge in [0.25, 0.3) is 0 Å². The number of hydrogen-bond acceptors (Lipinski definition) is 9. The van der Waals surface area contributed by atoms with Crippen molar-refractivity contribution in [1.29, 1.82) is 0 Å². The first-order chi connectivity index (χ1) is 14.7. The Hall–Kier alpha value is -4.14. The van der Waals surface area contributed by atoms with Gasteiger partial charge in [0.15, 0.2) is 11.5 Å². The molecule has 1 heterocycles. The van der Waals surface area contributed by atoms with E-state index in [1.54, 1.807) is 12.1 Å². The van der Waals surface area contributed by atoms with Crippen LogP contribution in [0.2, 0.25) is 0 Å². The molecule has 0 N–H and O–H groups in total. The predicted molar refractivity (Wildman–Crippen MR) is 108 cm³/mol. The Kier molecular flexibility index (Phi) is 6.05. The summed E-state index contributed by atoms with van der Waals surface area (Å²) in [6.45, 7) is 3.62. The van der Waals surface area contributed by atoms with Crippen molar-refractivity contribution in [2.24, 2.45) is 0 Å². The summed E-state index contributed by atoms with van der Waals surface area (Å²) in [5.41, 5.74) is 0.157. The van der Waals surface area contributed by atoms with Crippen LogP contribution in [0.1, 0.15) is 20.8 Å². The zero-order valence-corrected chi connectivity index (χ0v) is 17.1. The largest absolute Gasteiger partial charge is 0.490 e. The molecule has 3 aromatic rings. The van der Waals surface area contributed by atoms with Crippen molar-refractivity contribution in [1.82, 2.24) is 0 Å². The summed E-state index contributed by atoms with van der Waals surface area (Å²) in [6, 6.07) is 7.51. The van der Waals surface area contributed by atoms with Crippen LogP contribution in [0.3, 0.4) is 0 Å². The second-order valence-electron chi connectivity index (χ2n) is 6.39. The van der Waals surface area contributed by atoms with Crippen LogP contribution in [-0.4, -0.2) is 25.0 Å². The van der Waals surface area contributed by atoms with Crippen molar-refractivity contribution in [3.63, 3.8) is 0 Å². The van der Waals surface area contributed by atoms with Gasteiger partial charge in [0.1, 0.15) is 23.0 Å². The average molecular weight is 426 g/mol. The van der Waals surface area contributed by atoms with Crippen LogP contribution in [0, 0.1) is 0 Å². The van der Waals surface area contributed by atoms with Gasteiger partial charge in [0.2, 0.25) is 11.2 Å². The molecule has 160 valence electrons. The Morgan fingerprint density at radius 2 is 1.45 bits per heavy atom. The summed E-state index contributed by atoms with van der Waals surface area (Å²) in [5, 5.41) is -0.0653. The number of hydrogen-bond donors (Lipinski definition) is 0. The number of carbonyl (C=O) groups excluding carboxylic acids is 3. The first-order valence-electron chi connectivity index (χ1n) is 9.03. The van der Waals surface area contributed by atoms with E-state index in [2.05, 4.69) is 0 Å². The number of ether oxygens (including phenoxy) is 4. The summed E-state index contributed by atoms with van der Waals surface area (Å²) in [7, 11) is 1.28. The maximum absolute atomic E-state index is 13.3. The Bertz CT molecular complexity index is 1240. The minimum Gasteiger partial charge on any atom is -0.490 e. The van der Waals surface area contributed by atoms with Crippen LogP contribution in [0.25, 0.3) is 22.1 Å². The zero-order valence-electron chi connectivity index (χ0n) is 17.1. The Morgan fingerprint density at radius 1 is 0.839 bits per heavy atom. The van der Waals surface area contributed by atoms with Crippen LogP contribution < -0.4 is 24.4 Å². The fourth-order valence-corrected chi connectivity index (χ4v) is 2.95. The third-order valence-corrected chi connectivity index (χ3v) is 4.07. The van der Waals surface area contributed by atoms with Gasteiger partial charge in [0, 0.05) is 26.8 Å². The number of methoxy groups -OCH3 is 1. The van der Waals surface area contributed by atoms with E-state index >= 15 is 0 Å². The number of esters is 3. The topological polar surface area (TPSA) is 118 Å². The second kappa shape index (κ2) is 8.70. The molecule has 0 fully saturated rings. The Labute approximate surface area is 176 Å². The van der Waals surface area contributed by atoms with E-state index < -0.39 is 23.3 Å². The van der Waals surface area contributed by atoms with Crippen molar-refractivity contribution in [3.05, 3.63) is 46.8 Å². The normalized spacial score (nSPS) is 10.5. The van der Waals surface area contributed by atoms with Crippen LogP contribution >= 0.6 is 0 Å². The number of benzene rings is 2. The predicted octanol–water partition coefficient (Wildman–Crippen LogP) is 3.24. The molecule has 0 saturated heterocycles. The van der Waals surface area contributed by atoms with E-state index in [-0.39, 0.29) is 33.8 Å². The quantitative estimate of drug-likeness (QED) is 0.447. The van der Waals surface area contributed by atoms with E-state index in [1.165, 1.54) is 45.4 Å². The van der Waals surface area contributed by atoms with Crippen molar-refractivity contribution in [3.8, 4) is 34.1 Å². The van der Waals surface area contributed by atoms with Crippen LogP contribution in [0.5, 0.6) is 23.0 Å². The molecule has 9 heteroatoms. The molecule has 0 radical (unpaired) electrons. The minimum absolute atomic E-state index is 0.0265. The summed E-state index contributed by atoms with van der Waals surface area (Å²) >= 11 is 0. The molecule has 0 bridgehead atoms. The lowest BCUT2D eigenvalue weighted by Crippen LogP contribution is -2.12. The third kappa shape index (κ3) is 4.55. The first-order valence-corrected chi connectivity index (χ1v) is 9.03. The molecule has 2 aromatic carbocycles. The van der Waals surface area contributed by atoms with Gasteiger partial charge in [0.05, 0.1) is 12.7 Å². The molecule has 9 nitrogen and oxygen atoms in total. The molecule has 0 atom stereocenters. The standard InChI is InChI=1S/C22H18O9/c1-11(23)29-15-7-5-14(6-8-15)16-10-28-17-9-18(30-12(2)24)21(27-4)22(31-13(3)25)19(17)20(16)26/h5-10H,1-4H3. The molecule has 0 spiro atoms. The van der Waals surface area contributed by atoms with Gasteiger partial charge in [-0.1, -0.05) is 12.1 Å². The fourth-order valence-electron chi connectivity index (χ4n) is 2.95. The van der Waals surface area contributed by atoms with Gasteiger partial charge in [-0.05, 0) is 17.7 Å². The lowest BCUT2D eigenvalue weighted by molar-refractivity contribution is -0.133. The van der Waals surface area contributed by atoms with Gasteiger partial charge >= 0.3 is 17.9 Å². The number of carbonyl (C=O) groups is 3. The highest BCUT2D eigenvalue weighted by atomic mass is 16.6. The number of fused-ring (bicyclic) bond motifs is 1. The highest BCUT2D eigenvalue weighted by molar-refractivity contribution is 5.94. The van der Waals surface area contributed by atoms with E-state index in [0.717, 1.165) is 6.92 Å². The molecular weight excluding hydrogens is 408 g/mol. The van der Waals surface area contributed by atoms with Crippen molar-refractivity contribution in [2.45, 2.75) is 20.8 Å². The third-order valence-electron chi connectivity index (χ3n) is 4.07. The van der Waals surface area contributed by atoms with Gasteiger partial charge in [-0.25, -0.2) is 0 Å². The fraction of sp³-hybridized carbons (Fsp3) is 0.182. The second-order valence-corrected chi connectivity index (χ2v) is 6.39. The Morgan fingerprint density at radius 3 is 2.00 bits per heavy atom. The van der Waals surface area contributed by atoms with Crippen molar-refractivity contribution in [2.75, 3.05) is 7.11 Å². The lowest BCUT2D eigenvalue weighted by Gasteiger charge is -2.15. The molecule has 31 heavy (non-hydrogen) atoms. The molecular formula is C22H18O9. The minimum atomic E-state index is -0.713. The van der Waals surface area contributed by atoms with E-state index in [0.29, 0.717) is 11.3 Å². The van der Waals surface area contributed by atoms with Crippen LogP contribution in [0.15, 0.2) is 45.8 Å². The maximum Gasteiger partial charge on any atom is 0.308 e. The van der Waals surface area contributed by atoms with Crippen LogP contribution in [-0.2, 0) is 14.4 Å². The van der Waals surface area contributed by atoms with E-state index in [9.17, 15) is 19.2 Å². The molecule has 1 aromatic heterocycles. The first kappa shape index (κ1) is 21.6. The SMILES string of the molecule is COc1c(OC(C)=O)cc2occ(-c3ccc(OC(C)=O)cc3)c(=O)c2c1OC(C)=O. The summed E-state index contributed by atoms with van der Waals surface area (Å²) in [5.74, 6) is -1.91. The van der Waals surface area contributed by atoms with Gasteiger partial charge < -0.3 is 23.4 Å². The summed E-state index contributed by atoms with van der Waals surface area (Å²) in [4.78, 5) is 47.5. The summed E-state index contributed by atoms with van der Waals surface area (Å²) in [6.07, 6.45) is 1.23. The average Bonchev–Trinajstić information content (AvgIpc) is 2.67. The van der Waals surface area contributed by atoms with Crippen molar-refractivity contribution >= 4 is 28.9 Å². The molecule has 3 rings (SSSR count). The maximum atomic E-state index is 13.3. The van der Waals surface area contributed by atoms with Gasteiger partial charge in [-0.3, -0.25) is 19.2 Å². The van der Waals surface area contributed by atoms with Gasteiger partial charge in [-0.2, -0.15) is 0 Å². The molecule has 0 aliphatic rings. The highest BCUT2D eigenvalue weighted by Gasteiger charge is 2.24. The summed E-state index contributed by atoms with van der Waals surface area (Å²) < 4.78 is 26.2. The molecule has 0 aliphatic carbocycles. The molecule has 0 amide bonds. The monoisotopic (exact) mass is 426 g/mol. The van der Waals surface area contributed by atoms with Crippen molar-refractivity contribution < 1.29 is 37.7 Å². The lowest BCUT2D eigenvalue weighted by atomic mass is 10.0. The molecule has 0 saturated carbocycles. The molecule has 0 unspecified atom stereocenters. The smallest absolute Gasteiger partial charge is 0.308 e. The highest BCUT2D eigenvalue weighted by Crippen LogP contribution is 2.43. The zero-order chi connectivity index (χ0) is 22.7. The van der Waals surface area contributed by atoms with Crippen LogP contribution in [0.4, 0.5) is 0 Å². The van der Waals surface area contributed by atoms with E-state index in [1.807, 2.05) is 0 Å². The van der Waals surface area contributed by atoms with Gasteiger partial charge in [-0.15, -0.1) is 0 Å². The van der Waals surface area contributed by atoms with E-state index in [4.69, 9.17) is 23.4 Å². The number of rotatable bonds is 5. The Balaban J connectivity index is 2.24.